The number of rotatable bonds is 46. The Kier molecular flexibility index (Phi) is 42.3. The first-order valence-electron chi connectivity index (χ1n) is 31.9. The van der Waals surface area contributed by atoms with Crippen molar-refractivity contribution < 1.29 is 25.9 Å². The average Bonchev–Trinajstić information content (AvgIpc) is 3.40. The molecule has 432 valence electrons. The molecule has 0 N–H and O–H groups in total. The van der Waals surface area contributed by atoms with E-state index in [9.17, 15) is 25.9 Å². The Labute approximate surface area is 514 Å². The predicted octanol–water partition coefficient (Wildman–Crippen LogP) is 21.0. The Morgan fingerprint density at radius 3 is 0.727 bits per heavy atom. The minimum Gasteiger partial charge on any atom is -0.744 e. The summed E-state index contributed by atoms with van der Waals surface area (Å²) in [5.41, 5.74) is 3.98. The topological polar surface area (TPSA) is 114 Å². The van der Waals surface area contributed by atoms with E-state index >= 15 is 0 Å². The van der Waals surface area contributed by atoms with Gasteiger partial charge in [-0.15, -0.1) is 0 Å². The molecule has 77 heavy (non-hydrogen) atoms. The normalized spacial score (nSPS) is 11.8. The monoisotopic (exact) mass is 1220 g/mol. The molecule has 0 saturated carbocycles. The Morgan fingerprint density at radius 1 is 0.286 bits per heavy atom. The van der Waals surface area contributed by atoms with E-state index in [1.54, 1.807) is 12.1 Å². The first-order valence-corrected chi connectivity index (χ1v) is 34.8. The predicted molar refractivity (Wildman–Crippen MR) is 332 cm³/mol. The largest absolute Gasteiger partial charge is 2.00 e. The van der Waals surface area contributed by atoms with Crippen LogP contribution in [0.4, 0.5) is 0 Å². The molecule has 4 aromatic carbocycles. The summed E-state index contributed by atoms with van der Waals surface area (Å²) in [5.74, 6) is 0. The zero-order chi connectivity index (χ0) is 55.0. The number of benzene rings is 4. The molecule has 0 aliphatic carbocycles. The first kappa shape index (κ1) is 71.9. The van der Waals surface area contributed by atoms with Crippen molar-refractivity contribution in [3.8, 4) is 0 Å². The Hall–Kier alpha value is -1.21. The zero-order valence-corrected chi connectivity index (χ0v) is 55.9. The molecule has 0 aliphatic rings. The van der Waals surface area contributed by atoms with Gasteiger partial charge in [0.25, 0.3) is 0 Å². The molecule has 4 rings (SSSR count). The van der Waals surface area contributed by atoms with Crippen LogP contribution < -0.4 is 0 Å². The molecule has 0 bridgehead atoms. The van der Waals surface area contributed by atoms with Crippen LogP contribution in [0.3, 0.4) is 0 Å². The van der Waals surface area contributed by atoms with E-state index in [-0.39, 0.29) is 58.7 Å². The summed E-state index contributed by atoms with van der Waals surface area (Å²) in [7, 11) is -8.98. The van der Waals surface area contributed by atoms with Crippen LogP contribution in [0.1, 0.15) is 307 Å². The van der Waals surface area contributed by atoms with E-state index < -0.39 is 20.2 Å². The third-order valence-electron chi connectivity index (χ3n) is 16.0. The van der Waals surface area contributed by atoms with Gasteiger partial charge >= 0.3 is 48.9 Å². The Balaban J connectivity index is 0.000000520. The van der Waals surface area contributed by atoms with Crippen molar-refractivity contribution in [2.45, 2.75) is 320 Å². The van der Waals surface area contributed by atoms with E-state index in [0.717, 1.165) is 84.0 Å². The number of hydrogen-bond acceptors (Lipinski definition) is 6. The summed E-state index contributed by atoms with van der Waals surface area (Å²) in [6.45, 7) is 9.03. The van der Waals surface area contributed by atoms with Crippen LogP contribution in [0.25, 0.3) is 21.5 Å². The fourth-order valence-electron chi connectivity index (χ4n) is 11.3. The second-order valence-corrected chi connectivity index (χ2v) is 25.5. The van der Waals surface area contributed by atoms with Crippen LogP contribution in [0.15, 0.2) is 70.5 Å². The third-order valence-corrected chi connectivity index (χ3v) is 17.9. The van der Waals surface area contributed by atoms with E-state index in [1.807, 2.05) is 0 Å². The maximum atomic E-state index is 12.1. The second-order valence-electron chi connectivity index (χ2n) is 22.8. The molecular weight excluding hydrogens is 1110 g/mol. The minimum absolute atomic E-state index is 0. The Morgan fingerprint density at radius 2 is 0.494 bits per heavy atom. The molecule has 6 nitrogen and oxygen atoms in total. The van der Waals surface area contributed by atoms with Gasteiger partial charge in [-0.05, 0) is 107 Å². The minimum atomic E-state index is -4.49. The second kappa shape index (κ2) is 45.3. The van der Waals surface area contributed by atoms with Crippen molar-refractivity contribution in [2.24, 2.45) is 0 Å². The molecule has 0 aromatic heterocycles. The molecule has 0 heterocycles. The van der Waals surface area contributed by atoms with Crippen LogP contribution in [-0.2, 0) is 45.9 Å². The molecule has 0 fully saturated rings. The third kappa shape index (κ3) is 32.3. The molecule has 0 spiro atoms. The molecule has 0 amide bonds. The average molecular weight is 1230 g/mol. The van der Waals surface area contributed by atoms with E-state index in [4.69, 9.17) is 0 Å². The van der Waals surface area contributed by atoms with E-state index in [1.165, 1.54) is 242 Å². The van der Waals surface area contributed by atoms with E-state index in [2.05, 4.69) is 64.1 Å². The summed E-state index contributed by atoms with van der Waals surface area (Å²) in [6.07, 6.45) is 54.5. The molecule has 0 aliphatic heterocycles. The van der Waals surface area contributed by atoms with Gasteiger partial charge in [-0.25, -0.2) is 16.8 Å². The molecular formula is C68H110BaO6S2. The van der Waals surface area contributed by atoms with Crippen LogP contribution in [0.5, 0.6) is 0 Å². The molecule has 0 radical (unpaired) electrons. The zero-order valence-electron chi connectivity index (χ0n) is 49.9. The SMILES string of the molecule is CCCCCCCCCCCCc1ccc2ccc(S(=O)(=O)[O-])c(CCCCCCCCCCCC)c2c1.CCCCCCCCCCCCc1ccc2ccc(S(=O)(=O)[O-])c(CCCCCCCCCCCC)c2c1.[Ba+2]. The van der Waals surface area contributed by atoms with Crippen molar-refractivity contribution in [2.75, 3.05) is 0 Å². The molecule has 9 heteroatoms. The van der Waals surface area contributed by atoms with Crippen LogP contribution in [0, 0.1) is 0 Å². The number of fused-ring (bicyclic) bond motifs is 2. The van der Waals surface area contributed by atoms with Crippen molar-refractivity contribution >= 4 is 90.7 Å². The summed E-state index contributed by atoms with van der Waals surface area (Å²) >= 11 is 0. The van der Waals surface area contributed by atoms with Gasteiger partial charge in [0.1, 0.15) is 20.2 Å². The number of aryl methyl sites for hydroxylation is 4. The fraction of sp³-hybridized carbons (Fsp3) is 0.706. The summed E-state index contributed by atoms with van der Waals surface area (Å²) in [5, 5.41) is 3.99. The van der Waals surface area contributed by atoms with Gasteiger partial charge < -0.3 is 9.11 Å². The van der Waals surface area contributed by atoms with Crippen LogP contribution in [-0.4, -0.2) is 74.8 Å². The maximum absolute atomic E-state index is 12.1. The number of hydrogen-bond donors (Lipinski definition) is 0. The van der Waals surface area contributed by atoms with Crippen molar-refractivity contribution in [1.82, 2.24) is 0 Å². The van der Waals surface area contributed by atoms with Crippen LogP contribution in [0.2, 0.25) is 0 Å². The van der Waals surface area contributed by atoms with Gasteiger partial charge in [-0.2, -0.15) is 0 Å². The molecule has 0 unspecified atom stereocenters. The van der Waals surface area contributed by atoms with Gasteiger partial charge in [0.15, 0.2) is 0 Å². The van der Waals surface area contributed by atoms with Crippen molar-refractivity contribution in [3.05, 3.63) is 82.9 Å². The van der Waals surface area contributed by atoms with Crippen molar-refractivity contribution in [3.63, 3.8) is 0 Å². The first-order chi connectivity index (χ1) is 36.9. The summed E-state index contributed by atoms with van der Waals surface area (Å²) < 4.78 is 72.5. The van der Waals surface area contributed by atoms with E-state index in [0.29, 0.717) is 12.8 Å². The standard InChI is InChI=1S/2C34H56O3S.Ba/c2*1-3-5-7-9-11-13-15-17-19-21-23-30-25-26-31-27-28-34(38(35,36)37)32(33(31)29-30)24-22-20-18-16-14-12-10-8-6-4-2;/h2*25-29H,3-24H2,1-2H3,(H,35,36,37);/q;;+2/p-2. The summed E-state index contributed by atoms with van der Waals surface area (Å²) in [6, 6.07) is 19.5. The number of unbranched alkanes of at least 4 members (excludes halogenated alkanes) is 36. The van der Waals surface area contributed by atoms with Gasteiger partial charge in [0, 0.05) is 0 Å². The fourth-order valence-corrected chi connectivity index (χ4v) is 12.8. The summed E-state index contributed by atoms with van der Waals surface area (Å²) in [4.78, 5) is -0.0333. The van der Waals surface area contributed by atoms with Crippen molar-refractivity contribution in [1.29, 1.82) is 0 Å². The molecule has 4 aromatic rings. The maximum Gasteiger partial charge on any atom is 2.00 e. The quantitative estimate of drug-likeness (QED) is 0.0247. The smallest absolute Gasteiger partial charge is 0.744 e. The molecule has 0 atom stereocenters. The Bertz CT molecular complexity index is 2160. The van der Waals surface area contributed by atoms with Gasteiger partial charge in [0.2, 0.25) is 0 Å². The van der Waals surface area contributed by atoms with Gasteiger partial charge in [-0.3, -0.25) is 0 Å². The van der Waals surface area contributed by atoms with Crippen LogP contribution >= 0.6 is 0 Å². The molecule has 0 saturated heterocycles. The van der Waals surface area contributed by atoms with Gasteiger partial charge in [-0.1, -0.05) is 307 Å². The van der Waals surface area contributed by atoms with Gasteiger partial charge in [0.05, 0.1) is 9.79 Å².